The highest BCUT2D eigenvalue weighted by Crippen LogP contribution is 2.31. The first-order chi connectivity index (χ1) is 9.82. The average Bonchev–Trinajstić information content (AvgIpc) is 2.41. The molecule has 0 fully saturated rings. The second-order valence-corrected chi connectivity index (χ2v) is 4.91. The quantitative estimate of drug-likeness (QED) is 0.755. The number of anilines is 1. The lowest BCUT2D eigenvalue weighted by atomic mass is 9.92. The van der Waals surface area contributed by atoms with Gasteiger partial charge < -0.3 is 19.9 Å². The molecule has 0 aliphatic carbocycles. The van der Waals surface area contributed by atoms with Gasteiger partial charge in [-0.15, -0.1) is 0 Å². The molecule has 1 aromatic rings. The standard InChI is InChI=1S/C15H21NO5/c1-5-20-11-8-7-10(9-12(11)21-6-2)16-13(17)15(3,4)14(18)19/h7-9H,5-6H2,1-4H3,(H,16,17)(H,18,19). The molecular weight excluding hydrogens is 274 g/mol. The van der Waals surface area contributed by atoms with E-state index in [-0.39, 0.29) is 0 Å². The van der Waals surface area contributed by atoms with E-state index >= 15 is 0 Å². The molecule has 116 valence electrons. The maximum absolute atomic E-state index is 12.0. The summed E-state index contributed by atoms with van der Waals surface area (Å²) in [5.41, 5.74) is -1.05. The van der Waals surface area contributed by atoms with Crippen molar-refractivity contribution in [3.63, 3.8) is 0 Å². The molecular formula is C15H21NO5. The molecule has 0 saturated heterocycles. The predicted octanol–water partition coefficient (Wildman–Crippen LogP) is 2.53. The van der Waals surface area contributed by atoms with Gasteiger partial charge in [-0.25, -0.2) is 0 Å². The number of rotatable bonds is 7. The van der Waals surface area contributed by atoms with Gasteiger partial charge in [0.05, 0.1) is 13.2 Å². The topological polar surface area (TPSA) is 84.9 Å². The fraction of sp³-hybridized carbons (Fsp3) is 0.467. The second kappa shape index (κ2) is 6.97. The lowest BCUT2D eigenvalue weighted by molar-refractivity contribution is -0.151. The van der Waals surface area contributed by atoms with Gasteiger partial charge >= 0.3 is 5.97 Å². The highest BCUT2D eigenvalue weighted by molar-refractivity contribution is 6.07. The molecule has 6 nitrogen and oxygen atoms in total. The number of carboxylic acid groups (broad SMARTS) is 1. The molecule has 0 aliphatic heterocycles. The Morgan fingerprint density at radius 2 is 1.71 bits per heavy atom. The van der Waals surface area contributed by atoms with E-state index in [9.17, 15) is 9.59 Å². The molecule has 0 aromatic heterocycles. The first kappa shape index (κ1) is 16.8. The van der Waals surface area contributed by atoms with Crippen LogP contribution < -0.4 is 14.8 Å². The van der Waals surface area contributed by atoms with E-state index in [4.69, 9.17) is 14.6 Å². The number of carbonyl (C=O) groups is 2. The molecule has 0 unspecified atom stereocenters. The van der Waals surface area contributed by atoms with Crippen LogP contribution in [0.5, 0.6) is 11.5 Å². The summed E-state index contributed by atoms with van der Waals surface area (Å²) in [7, 11) is 0. The van der Waals surface area contributed by atoms with E-state index in [1.807, 2.05) is 13.8 Å². The van der Waals surface area contributed by atoms with Crippen LogP contribution in [0, 0.1) is 5.41 Å². The zero-order valence-corrected chi connectivity index (χ0v) is 12.7. The number of amides is 1. The monoisotopic (exact) mass is 295 g/mol. The van der Waals surface area contributed by atoms with Crippen molar-refractivity contribution in [3.05, 3.63) is 18.2 Å². The van der Waals surface area contributed by atoms with Crippen LogP contribution in [0.25, 0.3) is 0 Å². The number of hydrogen-bond acceptors (Lipinski definition) is 4. The van der Waals surface area contributed by atoms with E-state index in [1.165, 1.54) is 13.8 Å². The molecule has 0 radical (unpaired) electrons. The maximum atomic E-state index is 12.0. The molecule has 1 amide bonds. The van der Waals surface area contributed by atoms with Crippen molar-refractivity contribution in [2.75, 3.05) is 18.5 Å². The molecule has 0 saturated carbocycles. The number of ether oxygens (including phenoxy) is 2. The first-order valence-electron chi connectivity index (χ1n) is 6.77. The second-order valence-electron chi connectivity index (χ2n) is 4.91. The van der Waals surface area contributed by atoms with E-state index in [1.54, 1.807) is 18.2 Å². The Morgan fingerprint density at radius 3 is 2.24 bits per heavy atom. The van der Waals surface area contributed by atoms with Crippen LogP contribution in [0.3, 0.4) is 0 Å². The van der Waals surface area contributed by atoms with Crippen molar-refractivity contribution in [2.45, 2.75) is 27.7 Å². The maximum Gasteiger partial charge on any atom is 0.318 e. The van der Waals surface area contributed by atoms with Crippen LogP contribution >= 0.6 is 0 Å². The third kappa shape index (κ3) is 4.11. The summed E-state index contributed by atoms with van der Waals surface area (Å²) in [6, 6.07) is 4.94. The molecule has 0 atom stereocenters. The molecule has 0 heterocycles. The summed E-state index contributed by atoms with van der Waals surface area (Å²) >= 11 is 0. The number of hydrogen-bond donors (Lipinski definition) is 2. The fourth-order valence-electron chi connectivity index (χ4n) is 1.51. The first-order valence-corrected chi connectivity index (χ1v) is 6.77. The van der Waals surface area contributed by atoms with Gasteiger partial charge in [0.1, 0.15) is 5.41 Å². The Hall–Kier alpha value is -2.24. The van der Waals surface area contributed by atoms with Crippen LogP contribution in [0.1, 0.15) is 27.7 Å². The van der Waals surface area contributed by atoms with Gasteiger partial charge in [0.2, 0.25) is 5.91 Å². The van der Waals surface area contributed by atoms with Crippen LogP contribution in [0.2, 0.25) is 0 Å². The minimum atomic E-state index is -1.51. The largest absolute Gasteiger partial charge is 0.490 e. The highest BCUT2D eigenvalue weighted by Gasteiger charge is 2.36. The molecule has 21 heavy (non-hydrogen) atoms. The third-order valence-corrected chi connectivity index (χ3v) is 2.90. The van der Waals surface area contributed by atoms with Crippen molar-refractivity contribution in [1.29, 1.82) is 0 Å². The lowest BCUT2D eigenvalue weighted by Gasteiger charge is -2.19. The summed E-state index contributed by atoms with van der Waals surface area (Å²) in [4.78, 5) is 23.0. The predicted molar refractivity (Wildman–Crippen MR) is 78.8 cm³/mol. The van der Waals surface area contributed by atoms with Gasteiger partial charge in [-0.1, -0.05) is 0 Å². The minimum Gasteiger partial charge on any atom is -0.490 e. The van der Waals surface area contributed by atoms with Gasteiger partial charge in [-0.05, 0) is 39.8 Å². The lowest BCUT2D eigenvalue weighted by Crippen LogP contribution is -2.37. The van der Waals surface area contributed by atoms with Gasteiger partial charge in [0.15, 0.2) is 11.5 Å². The summed E-state index contributed by atoms with van der Waals surface area (Å²) in [5.74, 6) is -0.697. The normalized spacial score (nSPS) is 10.9. The highest BCUT2D eigenvalue weighted by atomic mass is 16.5. The molecule has 1 aromatic carbocycles. The van der Waals surface area contributed by atoms with Crippen LogP contribution in [0.15, 0.2) is 18.2 Å². The summed E-state index contributed by atoms with van der Waals surface area (Å²) < 4.78 is 10.9. The van der Waals surface area contributed by atoms with E-state index in [0.717, 1.165) is 0 Å². The Kier molecular flexibility index (Phi) is 5.58. The molecule has 1 rings (SSSR count). The average molecular weight is 295 g/mol. The van der Waals surface area contributed by atoms with Crippen LogP contribution in [0.4, 0.5) is 5.69 Å². The number of aliphatic carboxylic acids is 1. The summed E-state index contributed by atoms with van der Waals surface area (Å²) in [6.45, 7) is 7.36. The van der Waals surface area contributed by atoms with Gasteiger partial charge in [0, 0.05) is 11.8 Å². The number of benzene rings is 1. The fourth-order valence-corrected chi connectivity index (χ4v) is 1.51. The van der Waals surface area contributed by atoms with Crippen LogP contribution in [-0.4, -0.2) is 30.2 Å². The van der Waals surface area contributed by atoms with Gasteiger partial charge in [0.25, 0.3) is 0 Å². The number of carbonyl (C=O) groups excluding carboxylic acids is 1. The van der Waals surface area contributed by atoms with E-state index in [2.05, 4.69) is 5.32 Å². The van der Waals surface area contributed by atoms with Gasteiger partial charge in [-0.3, -0.25) is 9.59 Å². The Balaban J connectivity index is 2.97. The Bertz CT molecular complexity index is 525. The van der Waals surface area contributed by atoms with Crippen LogP contribution in [-0.2, 0) is 9.59 Å². The Labute approximate surface area is 124 Å². The van der Waals surface area contributed by atoms with Crippen molar-refractivity contribution in [2.24, 2.45) is 5.41 Å². The molecule has 0 spiro atoms. The van der Waals surface area contributed by atoms with Crippen molar-refractivity contribution >= 4 is 17.6 Å². The summed E-state index contributed by atoms with van der Waals surface area (Å²) in [6.07, 6.45) is 0. The Morgan fingerprint density at radius 1 is 1.14 bits per heavy atom. The van der Waals surface area contributed by atoms with Crippen molar-refractivity contribution < 1.29 is 24.2 Å². The zero-order chi connectivity index (χ0) is 16.0. The third-order valence-electron chi connectivity index (χ3n) is 2.90. The molecule has 2 N–H and O–H groups in total. The summed E-state index contributed by atoms with van der Waals surface area (Å²) in [5, 5.41) is 11.6. The molecule has 0 bridgehead atoms. The van der Waals surface area contributed by atoms with Crippen molar-refractivity contribution in [1.82, 2.24) is 0 Å². The zero-order valence-electron chi connectivity index (χ0n) is 12.7. The molecule has 6 heteroatoms. The SMILES string of the molecule is CCOc1ccc(NC(=O)C(C)(C)C(=O)O)cc1OCC. The number of nitrogens with one attached hydrogen (secondary N) is 1. The molecule has 0 aliphatic rings. The van der Waals surface area contributed by atoms with E-state index < -0.39 is 17.3 Å². The van der Waals surface area contributed by atoms with E-state index in [0.29, 0.717) is 30.4 Å². The smallest absolute Gasteiger partial charge is 0.318 e. The van der Waals surface area contributed by atoms with Gasteiger partial charge in [-0.2, -0.15) is 0 Å². The minimum absolute atomic E-state index is 0.456. The number of carboxylic acids is 1. The van der Waals surface area contributed by atoms with Crippen molar-refractivity contribution in [3.8, 4) is 11.5 Å².